The predicted molar refractivity (Wildman–Crippen MR) is 25.6 cm³/mol. The first-order chi connectivity index (χ1) is 3.27. The van der Waals surface area contributed by atoms with E-state index < -0.39 is 10.3 Å². The largest absolute Gasteiger partial charge is 0.392 e. The molecule has 0 radical (unpaired) electrons. The molecule has 0 aromatic carbocycles. The molecule has 0 unspecified atom stereocenters. The molecule has 0 fully saturated rings. The van der Waals surface area contributed by atoms with Crippen molar-refractivity contribution in [2.45, 2.75) is 0 Å². The molecule has 0 saturated heterocycles. The molecule has 4 heteroatoms. The van der Waals surface area contributed by atoms with Crippen LogP contribution in [0.3, 0.4) is 0 Å². The highest BCUT2D eigenvalue weighted by Crippen LogP contribution is 1.47. The maximum atomic E-state index is 9.50. The Hall–Kier alpha value is -0.570. The van der Waals surface area contributed by atoms with Crippen molar-refractivity contribution in [3.05, 3.63) is 6.08 Å². The first-order valence-corrected chi connectivity index (χ1v) is 2.63. The number of aliphatic hydroxyl groups excluding tert-OH is 1. The van der Waals surface area contributed by atoms with Crippen LogP contribution in [-0.4, -0.2) is 25.2 Å². The highest BCUT2D eigenvalue weighted by molar-refractivity contribution is 7.70. The zero-order chi connectivity index (χ0) is 5.70. The van der Waals surface area contributed by atoms with E-state index in [4.69, 9.17) is 5.11 Å². The lowest BCUT2D eigenvalue weighted by Gasteiger charge is -1.60. The van der Waals surface area contributed by atoms with Crippen LogP contribution in [0.15, 0.2) is 6.08 Å². The molecule has 0 aliphatic heterocycles. The molecule has 3 nitrogen and oxygen atoms in total. The van der Waals surface area contributed by atoms with Gasteiger partial charge in [-0.15, -0.1) is 0 Å². The molecule has 0 spiro atoms. The summed E-state index contributed by atoms with van der Waals surface area (Å²) in [5, 5.41) is 9.76. The lowest BCUT2D eigenvalue weighted by molar-refractivity contribution is 0.344. The summed E-state index contributed by atoms with van der Waals surface area (Å²) >= 11 is 0. The van der Waals surface area contributed by atoms with Crippen LogP contribution in [-0.2, 0) is 10.3 Å². The van der Waals surface area contributed by atoms with E-state index in [9.17, 15) is 8.42 Å². The van der Waals surface area contributed by atoms with Gasteiger partial charge in [0.1, 0.15) is 0 Å². The molecule has 0 amide bonds. The minimum Gasteiger partial charge on any atom is -0.392 e. The van der Waals surface area contributed by atoms with Crippen LogP contribution in [0.4, 0.5) is 0 Å². The Morgan fingerprint density at radius 1 is 1.71 bits per heavy atom. The molecule has 0 aliphatic rings. The summed E-state index contributed by atoms with van der Waals surface area (Å²) in [6.07, 6.45) is 1.02. The molecule has 0 saturated carbocycles. The second kappa shape index (κ2) is 3.61. The molecule has 0 atom stereocenters. The first kappa shape index (κ1) is 6.43. The third-order valence-corrected chi connectivity index (χ3v) is 0.630. The minimum atomic E-state index is -2.28. The highest BCUT2D eigenvalue weighted by atomic mass is 32.2. The van der Waals surface area contributed by atoms with E-state index in [2.05, 4.69) is 0 Å². The van der Waals surface area contributed by atoms with Crippen LogP contribution in [0.2, 0.25) is 0 Å². The van der Waals surface area contributed by atoms with E-state index in [1.165, 1.54) is 0 Å². The maximum Gasteiger partial charge on any atom is 0.260 e. The van der Waals surface area contributed by atoms with E-state index in [0.29, 0.717) is 0 Å². The van der Waals surface area contributed by atoms with Gasteiger partial charge in [-0.2, -0.15) is 8.42 Å². The smallest absolute Gasteiger partial charge is 0.260 e. The van der Waals surface area contributed by atoms with Crippen molar-refractivity contribution in [1.82, 2.24) is 0 Å². The minimum absolute atomic E-state index is 0.284. The maximum absolute atomic E-state index is 9.50. The molecule has 0 aliphatic carbocycles. The van der Waals surface area contributed by atoms with Crippen molar-refractivity contribution in [3.8, 4) is 0 Å². The van der Waals surface area contributed by atoms with Gasteiger partial charge in [0.25, 0.3) is 10.3 Å². The van der Waals surface area contributed by atoms with Crippen LogP contribution in [0.5, 0.6) is 0 Å². The van der Waals surface area contributed by atoms with Crippen LogP contribution in [0.1, 0.15) is 0 Å². The molecule has 40 valence electrons. The Kier molecular flexibility index (Phi) is 3.32. The van der Waals surface area contributed by atoms with Crippen LogP contribution in [0.25, 0.3) is 0 Å². The van der Waals surface area contributed by atoms with Crippen LogP contribution < -0.4 is 0 Å². The zero-order valence-corrected chi connectivity index (χ0v) is 4.27. The average molecular weight is 120 g/mol. The van der Waals surface area contributed by atoms with E-state index in [0.717, 1.165) is 6.08 Å². The van der Waals surface area contributed by atoms with Crippen LogP contribution in [0, 0.1) is 0 Å². The average Bonchev–Trinajstić information content (AvgIpc) is 1.61. The third-order valence-electron chi connectivity index (χ3n) is 0.271. The molecular formula is C3H4O3S. The summed E-state index contributed by atoms with van der Waals surface area (Å²) in [5.74, 6) is 0. The van der Waals surface area contributed by atoms with E-state index in [1.54, 1.807) is 0 Å². The van der Waals surface area contributed by atoms with Crippen molar-refractivity contribution in [2.24, 2.45) is 0 Å². The van der Waals surface area contributed by atoms with E-state index in [1.807, 2.05) is 5.02 Å². The van der Waals surface area contributed by atoms with Gasteiger partial charge in [0, 0.05) is 5.02 Å². The fraction of sp³-hybridized carbons (Fsp3) is 0.333. The summed E-state index contributed by atoms with van der Waals surface area (Å²) in [6.45, 7) is -0.284. The lowest BCUT2D eigenvalue weighted by atomic mass is 10.7. The Balaban J connectivity index is 4.19. The van der Waals surface area contributed by atoms with Crippen molar-refractivity contribution < 1.29 is 13.5 Å². The topological polar surface area (TPSA) is 54.4 Å². The molecule has 1 N–H and O–H groups in total. The summed E-state index contributed by atoms with van der Waals surface area (Å²) in [6, 6.07) is 0. The zero-order valence-electron chi connectivity index (χ0n) is 3.46. The molecule has 7 heavy (non-hydrogen) atoms. The second-order valence-corrected chi connectivity index (χ2v) is 1.44. The summed E-state index contributed by atoms with van der Waals surface area (Å²) in [7, 11) is -2.28. The van der Waals surface area contributed by atoms with Gasteiger partial charge in [0.2, 0.25) is 0 Å². The fourth-order valence-electron chi connectivity index (χ4n) is 0.105. The van der Waals surface area contributed by atoms with Gasteiger partial charge in [-0.25, -0.2) is 0 Å². The van der Waals surface area contributed by atoms with Gasteiger partial charge in [-0.05, 0) is 6.08 Å². The summed E-state index contributed by atoms with van der Waals surface area (Å²) < 4.78 is 19.0. The number of hydrogen-bond donors (Lipinski definition) is 1. The molecule has 0 aromatic rings. The number of hydrogen-bond acceptors (Lipinski definition) is 3. The number of rotatable bonds is 1. The monoisotopic (exact) mass is 120 g/mol. The third kappa shape index (κ3) is 5.43. The molecule has 0 heterocycles. The molecule has 0 rings (SSSR count). The van der Waals surface area contributed by atoms with Gasteiger partial charge < -0.3 is 5.11 Å². The molecule has 0 aromatic heterocycles. The Labute approximate surface area is 42.4 Å². The number of aliphatic hydroxyl groups is 1. The molecule has 0 bridgehead atoms. The van der Waals surface area contributed by atoms with Gasteiger partial charge in [0.15, 0.2) is 0 Å². The lowest BCUT2D eigenvalue weighted by Crippen LogP contribution is -1.69. The van der Waals surface area contributed by atoms with Crippen molar-refractivity contribution in [3.63, 3.8) is 0 Å². The highest BCUT2D eigenvalue weighted by Gasteiger charge is 1.57. The van der Waals surface area contributed by atoms with E-state index in [-0.39, 0.29) is 6.61 Å². The normalized spacial score (nSPS) is 7.00. The quantitative estimate of drug-likeness (QED) is 0.443. The second-order valence-electron chi connectivity index (χ2n) is 0.739. The SMILES string of the molecule is O=S(=O)=C=CCO. The van der Waals surface area contributed by atoms with E-state index >= 15 is 0 Å². The van der Waals surface area contributed by atoms with Gasteiger partial charge in [-0.3, -0.25) is 0 Å². The first-order valence-electron chi connectivity index (χ1n) is 1.55. The van der Waals surface area contributed by atoms with Crippen molar-refractivity contribution >= 4 is 15.3 Å². The van der Waals surface area contributed by atoms with Crippen molar-refractivity contribution in [1.29, 1.82) is 0 Å². The van der Waals surface area contributed by atoms with Gasteiger partial charge in [0.05, 0.1) is 6.61 Å². The van der Waals surface area contributed by atoms with Crippen molar-refractivity contribution in [2.75, 3.05) is 6.61 Å². The fourth-order valence-corrected chi connectivity index (χ4v) is 0.316. The Morgan fingerprint density at radius 3 is 2.43 bits per heavy atom. The van der Waals surface area contributed by atoms with Gasteiger partial charge in [-0.1, -0.05) is 0 Å². The Bertz CT molecular complexity index is 174. The Morgan fingerprint density at radius 2 is 2.29 bits per heavy atom. The van der Waals surface area contributed by atoms with Crippen LogP contribution >= 0.6 is 0 Å². The summed E-state index contributed by atoms with van der Waals surface area (Å²) in [5.41, 5.74) is 0. The molecular weight excluding hydrogens is 116 g/mol. The predicted octanol–water partition coefficient (Wildman–Crippen LogP) is -1.18. The summed E-state index contributed by atoms with van der Waals surface area (Å²) in [4.78, 5) is 0. The standard InChI is InChI=1S/C3H4O3S/c4-2-1-3-7(5)6/h1,4H,2H2. The van der Waals surface area contributed by atoms with Gasteiger partial charge >= 0.3 is 0 Å².